The second kappa shape index (κ2) is 6.41. The third-order valence-electron chi connectivity index (χ3n) is 4.41. The van der Waals surface area contributed by atoms with E-state index < -0.39 is 0 Å². The summed E-state index contributed by atoms with van der Waals surface area (Å²) < 4.78 is 10.5. The number of hydrogen-bond donors (Lipinski definition) is 1. The Morgan fingerprint density at radius 1 is 1.21 bits per heavy atom. The monoisotopic (exact) mass is 346 g/mol. The molecule has 7 heteroatoms. The van der Waals surface area contributed by atoms with Gasteiger partial charge in [0.05, 0.1) is 25.0 Å². The molecule has 0 saturated carbocycles. The van der Waals surface area contributed by atoms with Crippen LogP contribution in [0.1, 0.15) is 37.8 Å². The molecule has 1 N–H and O–H groups in total. The highest BCUT2D eigenvalue weighted by molar-refractivity contribution is 7.17. The Morgan fingerprint density at radius 2 is 2.04 bits per heavy atom. The minimum absolute atomic E-state index is 0.00700. The summed E-state index contributed by atoms with van der Waals surface area (Å²) in [4.78, 5) is 28.3. The van der Waals surface area contributed by atoms with Crippen LogP contribution in [0, 0.1) is 0 Å². The van der Waals surface area contributed by atoms with Gasteiger partial charge in [-0.1, -0.05) is 0 Å². The second-order valence-electron chi connectivity index (χ2n) is 5.90. The van der Waals surface area contributed by atoms with Gasteiger partial charge in [0.2, 0.25) is 0 Å². The fourth-order valence-electron chi connectivity index (χ4n) is 3.22. The Kier molecular flexibility index (Phi) is 4.12. The molecule has 24 heavy (non-hydrogen) atoms. The Labute approximate surface area is 143 Å². The number of carbonyl (C=O) groups excluding carboxylic acids is 2. The zero-order valence-electron chi connectivity index (χ0n) is 13.2. The smallest absolute Gasteiger partial charge is 0.291 e. The van der Waals surface area contributed by atoms with E-state index in [-0.39, 0.29) is 17.6 Å². The lowest BCUT2D eigenvalue weighted by atomic mass is 10.1. The van der Waals surface area contributed by atoms with Gasteiger partial charge >= 0.3 is 0 Å². The van der Waals surface area contributed by atoms with Gasteiger partial charge in [-0.05, 0) is 37.0 Å². The first-order valence-corrected chi connectivity index (χ1v) is 8.92. The topological polar surface area (TPSA) is 71.8 Å². The maximum absolute atomic E-state index is 13.0. The van der Waals surface area contributed by atoms with Crippen molar-refractivity contribution in [3.8, 4) is 0 Å². The van der Waals surface area contributed by atoms with E-state index in [2.05, 4.69) is 5.32 Å². The molecule has 126 valence electrons. The Hall–Kier alpha value is -2.12. The van der Waals surface area contributed by atoms with Crippen LogP contribution < -0.4 is 5.32 Å². The van der Waals surface area contributed by atoms with E-state index in [0.29, 0.717) is 36.9 Å². The highest BCUT2D eigenvalue weighted by Crippen LogP contribution is 2.40. The van der Waals surface area contributed by atoms with Crippen molar-refractivity contribution in [2.24, 2.45) is 0 Å². The van der Waals surface area contributed by atoms with Gasteiger partial charge in [0, 0.05) is 18.0 Å². The van der Waals surface area contributed by atoms with Gasteiger partial charge in [-0.15, -0.1) is 11.3 Å². The fraction of sp³-hybridized carbons (Fsp3) is 0.412. The van der Waals surface area contributed by atoms with Gasteiger partial charge in [0.1, 0.15) is 5.00 Å². The molecule has 0 bridgehead atoms. The third kappa shape index (κ3) is 2.74. The first-order chi connectivity index (χ1) is 11.7. The fourth-order valence-corrected chi connectivity index (χ4v) is 4.49. The van der Waals surface area contributed by atoms with Crippen molar-refractivity contribution in [1.82, 2.24) is 4.90 Å². The summed E-state index contributed by atoms with van der Waals surface area (Å²) in [5, 5.41) is 3.51. The van der Waals surface area contributed by atoms with Crippen molar-refractivity contribution >= 4 is 28.2 Å². The molecule has 0 radical (unpaired) electrons. The number of morpholine rings is 1. The van der Waals surface area contributed by atoms with Crippen molar-refractivity contribution in [2.75, 3.05) is 31.6 Å². The zero-order valence-corrected chi connectivity index (χ0v) is 14.0. The van der Waals surface area contributed by atoms with E-state index in [4.69, 9.17) is 9.15 Å². The maximum atomic E-state index is 13.0. The van der Waals surface area contributed by atoms with Gasteiger partial charge in [-0.25, -0.2) is 0 Å². The summed E-state index contributed by atoms with van der Waals surface area (Å²) in [5.74, 6) is -0.0864. The van der Waals surface area contributed by atoms with Crippen molar-refractivity contribution in [3.05, 3.63) is 40.2 Å². The van der Waals surface area contributed by atoms with E-state index in [1.807, 2.05) is 4.90 Å². The molecule has 2 aromatic heterocycles. The van der Waals surface area contributed by atoms with Crippen molar-refractivity contribution in [1.29, 1.82) is 0 Å². The van der Waals surface area contributed by atoms with Crippen LogP contribution in [0.25, 0.3) is 0 Å². The lowest BCUT2D eigenvalue weighted by Crippen LogP contribution is -2.41. The molecule has 3 heterocycles. The molecule has 1 aliphatic heterocycles. The number of furan rings is 1. The number of thiophene rings is 1. The Morgan fingerprint density at radius 3 is 2.79 bits per heavy atom. The average Bonchev–Trinajstić information content (AvgIpc) is 3.32. The summed E-state index contributed by atoms with van der Waals surface area (Å²) in [7, 11) is 0. The summed E-state index contributed by atoms with van der Waals surface area (Å²) in [6, 6.07) is 3.28. The van der Waals surface area contributed by atoms with Crippen LogP contribution >= 0.6 is 11.3 Å². The predicted octanol–water partition coefficient (Wildman–Crippen LogP) is 2.55. The molecule has 2 amide bonds. The molecule has 1 saturated heterocycles. The summed E-state index contributed by atoms with van der Waals surface area (Å²) >= 11 is 1.51. The quantitative estimate of drug-likeness (QED) is 0.927. The number of carbonyl (C=O) groups is 2. The third-order valence-corrected chi connectivity index (χ3v) is 5.61. The number of ether oxygens (including phenoxy) is 1. The molecule has 1 fully saturated rings. The molecule has 0 atom stereocenters. The van der Waals surface area contributed by atoms with Crippen molar-refractivity contribution < 1.29 is 18.7 Å². The Bertz CT molecular complexity index is 760. The molecule has 0 aromatic carbocycles. The van der Waals surface area contributed by atoms with Crippen molar-refractivity contribution in [3.63, 3.8) is 0 Å². The standard InChI is InChI=1S/C17H18N2O4S/c20-15(12-4-2-8-23-12)18-16-14(11-3-1-5-13(11)24-16)17(21)19-6-9-22-10-7-19/h2,4,8H,1,3,5-7,9-10H2,(H,18,20). The highest BCUT2D eigenvalue weighted by atomic mass is 32.1. The second-order valence-corrected chi connectivity index (χ2v) is 7.00. The van der Waals surface area contributed by atoms with Crippen LogP contribution in [0.5, 0.6) is 0 Å². The van der Waals surface area contributed by atoms with Crippen LogP contribution in [-0.4, -0.2) is 43.0 Å². The minimum atomic E-state index is -0.323. The SMILES string of the molecule is O=C(Nc1sc2c(c1C(=O)N1CCOCC1)CCC2)c1ccco1. The molecule has 4 rings (SSSR count). The van der Waals surface area contributed by atoms with Crippen LogP contribution in [0.4, 0.5) is 5.00 Å². The summed E-state index contributed by atoms with van der Waals surface area (Å²) in [6.45, 7) is 2.31. The lowest BCUT2D eigenvalue weighted by Gasteiger charge is -2.27. The number of hydrogen-bond acceptors (Lipinski definition) is 5. The maximum Gasteiger partial charge on any atom is 0.291 e. The number of anilines is 1. The van der Waals surface area contributed by atoms with Crippen molar-refractivity contribution in [2.45, 2.75) is 19.3 Å². The van der Waals surface area contributed by atoms with E-state index in [1.165, 1.54) is 22.5 Å². The number of nitrogens with zero attached hydrogens (tertiary/aromatic N) is 1. The molecule has 0 unspecified atom stereocenters. The normalized spacial score (nSPS) is 16.9. The lowest BCUT2D eigenvalue weighted by molar-refractivity contribution is 0.0303. The molecular formula is C17H18N2O4S. The van der Waals surface area contributed by atoms with Gasteiger partial charge in [-0.2, -0.15) is 0 Å². The number of fused-ring (bicyclic) bond motifs is 1. The van der Waals surface area contributed by atoms with E-state index in [1.54, 1.807) is 12.1 Å². The molecular weight excluding hydrogens is 328 g/mol. The number of rotatable bonds is 3. The van der Waals surface area contributed by atoms with E-state index >= 15 is 0 Å². The molecule has 1 aliphatic carbocycles. The van der Waals surface area contributed by atoms with Gasteiger partial charge in [0.25, 0.3) is 11.8 Å². The van der Waals surface area contributed by atoms with E-state index in [0.717, 1.165) is 24.8 Å². The van der Waals surface area contributed by atoms with Crippen LogP contribution in [0.15, 0.2) is 22.8 Å². The first-order valence-electron chi connectivity index (χ1n) is 8.10. The Balaban J connectivity index is 1.64. The average molecular weight is 346 g/mol. The largest absolute Gasteiger partial charge is 0.459 e. The molecule has 2 aromatic rings. The summed E-state index contributed by atoms with van der Waals surface area (Å²) in [6.07, 6.45) is 4.40. The van der Waals surface area contributed by atoms with Crippen LogP contribution in [0.2, 0.25) is 0 Å². The summed E-state index contributed by atoms with van der Waals surface area (Å²) in [5.41, 5.74) is 1.76. The minimum Gasteiger partial charge on any atom is -0.459 e. The number of amides is 2. The molecule has 2 aliphatic rings. The van der Waals surface area contributed by atoms with E-state index in [9.17, 15) is 9.59 Å². The number of nitrogens with one attached hydrogen (secondary N) is 1. The van der Waals surface area contributed by atoms with Crippen LogP contribution in [0.3, 0.4) is 0 Å². The first kappa shape index (κ1) is 15.4. The molecule has 6 nitrogen and oxygen atoms in total. The molecule has 0 spiro atoms. The van der Waals surface area contributed by atoms with Crippen LogP contribution in [-0.2, 0) is 17.6 Å². The zero-order chi connectivity index (χ0) is 16.5. The van der Waals surface area contributed by atoms with Gasteiger partial charge < -0.3 is 19.4 Å². The number of aryl methyl sites for hydroxylation is 1. The van der Waals surface area contributed by atoms with Gasteiger partial charge in [-0.3, -0.25) is 9.59 Å². The van der Waals surface area contributed by atoms with Gasteiger partial charge in [0.15, 0.2) is 5.76 Å². The predicted molar refractivity (Wildman–Crippen MR) is 89.7 cm³/mol. The highest BCUT2D eigenvalue weighted by Gasteiger charge is 2.31.